The predicted molar refractivity (Wildman–Crippen MR) is 86.0 cm³/mol. The third-order valence-corrected chi connectivity index (χ3v) is 5.00. The average molecular weight is 438 g/mol. The summed E-state index contributed by atoms with van der Waals surface area (Å²) in [5.74, 6) is 0.737. The summed E-state index contributed by atoms with van der Waals surface area (Å²) in [5.41, 5.74) is 0. The Morgan fingerprint density at radius 1 is 1.40 bits per heavy atom. The lowest BCUT2D eigenvalue weighted by Crippen LogP contribution is -2.33. The molecule has 0 aromatic carbocycles. The molecule has 0 aliphatic rings. The smallest absolute Gasteiger partial charge is 0.0231 e. The van der Waals surface area contributed by atoms with Gasteiger partial charge in [-0.2, -0.15) is 0 Å². The summed E-state index contributed by atoms with van der Waals surface area (Å²) < 4.78 is 2.67. The van der Waals surface area contributed by atoms with Crippen molar-refractivity contribution in [3.63, 3.8) is 0 Å². The molecule has 4 heteroatoms. The molecule has 0 rings (SSSR count). The second-order valence-electron chi connectivity index (χ2n) is 4.52. The first-order chi connectivity index (χ1) is 6.90. The predicted octanol–water partition coefficient (Wildman–Crippen LogP) is 3.49. The van der Waals surface area contributed by atoms with Gasteiger partial charge in [-0.15, -0.1) is 0 Å². The van der Waals surface area contributed by atoms with Crippen molar-refractivity contribution in [3.8, 4) is 0 Å². The summed E-state index contributed by atoms with van der Waals surface area (Å²) >= 11 is 4.98. The molecule has 0 fully saturated rings. The third-order valence-electron chi connectivity index (χ3n) is 2.92. The largest absolute Gasteiger partial charge is 0.319 e. The zero-order chi connectivity index (χ0) is 11.9. The van der Waals surface area contributed by atoms with Crippen LogP contribution in [0, 0.1) is 5.92 Å². The van der Waals surface area contributed by atoms with Gasteiger partial charge in [0.05, 0.1) is 0 Å². The SMILES string of the molecule is CNC[C@H](C)C(C)(I)CCCCN(C)I. The first-order valence-corrected chi connectivity index (χ1v) is 7.65. The Hall–Kier alpha value is 1.38. The van der Waals surface area contributed by atoms with Crippen molar-refractivity contribution < 1.29 is 0 Å². The average Bonchev–Trinajstić information content (AvgIpc) is 2.12. The van der Waals surface area contributed by atoms with Gasteiger partial charge in [0, 0.05) is 32.8 Å². The van der Waals surface area contributed by atoms with Crippen LogP contribution < -0.4 is 5.32 Å². The number of hydrogen-bond donors (Lipinski definition) is 1. The molecule has 0 bridgehead atoms. The number of nitrogens with one attached hydrogen (secondary N) is 1. The fourth-order valence-corrected chi connectivity index (χ4v) is 2.51. The van der Waals surface area contributed by atoms with Crippen LogP contribution in [-0.2, 0) is 0 Å². The van der Waals surface area contributed by atoms with Gasteiger partial charge in [-0.3, -0.25) is 3.11 Å². The van der Waals surface area contributed by atoms with Gasteiger partial charge in [0.1, 0.15) is 0 Å². The summed E-state index contributed by atoms with van der Waals surface area (Å²) in [6.07, 6.45) is 3.96. The molecule has 1 unspecified atom stereocenters. The molecule has 1 N–H and O–H groups in total. The van der Waals surface area contributed by atoms with Gasteiger partial charge in [-0.25, -0.2) is 0 Å². The molecule has 0 amide bonds. The van der Waals surface area contributed by atoms with Crippen LogP contribution in [-0.4, -0.2) is 33.7 Å². The fraction of sp³-hybridized carbons (Fsp3) is 1.00. The summed E-state index contributed by atoms with van der Waals surface area (Å²) in [6, 6.07) is 0. The van der Waals surface area contributed by atoms with E-state index in [1.165, 1.54) is 25.8 Å². The molecular weight excluding hydrogens is 414 g/mol. The normalized spacial score (nSPS) is 17.8. The van der Waals surface area contributed by atoms with E-state index in [0.717, 1.165) is 12.5 Å². The van der Waals surface area contributed by atoms with E-state index in [4.69, 9.17) is 0 Å². The second-order valence-corrected chi connectivity index (χ2v) is 8.63. The van der Waals surface area contributed by atoms with Gasteiger partial charge >= 0.3 is 0 Å². The van der Waals surface area contributed by atoms with Crippen molar-refractivity contribution in [2.45, 2.75) is 36.5 Å². The van der Waals surface area contributed by atoms with Gasteiger partial charge in [0.25, 0.3) is 0 Å². The van der Waals surface area contributed by atoms with Crippen molar-refractivity contribution in [1.29, 1.82) is 0 Å². The minimum Gasteiger partial charge on any atom is -0.319 e. The van der Waals surface area contributed by atoms with Gasteiger partial charge in [-0.1, -0.05) is 42.9 Å². The van der Waals surface area contributed by atoms with Crippen molar-refractivity contribution in [2.24, 2.45) is 5.92 Å². The minimum absolute atomic E-state index is 0.435. The van der Waals surface area contributed by atoms with Gasteiger partial charge in [0.15, 0.2) is 0 Å². The third kappa shape index (κ3) is 8.15. The highest BCUT2D eigenvalue weighted by Crippen LogP contribution is 2.33. The Kier molecular flexibility index (Phi) is 9.25. The summed E-state index contributed by atoms with van der Waals surface area (Å²) in [6.45, 7) is 7.04. The highest BCUT2D eigenvalue weighted by atomic mass is 127. The topological polar surface area (TPSA) is 15.3 Å². The molecule has 0 heterocycles. The van der Waals surface area contributed by atoms with E-state index < -0.39 is 0 Å². The molecular formula is C11H24I2N2. The zero-order valence-corrected chi connectivity index (χ0v) is 14.6. The van der Waals surface area contributed by atoms with Crippen LogP contribution in [0.2, 0.25) is 0 Å². The summed E-state index contributed by atoms with van der Waals surface area (Å²) in [5, 5.41) is 3.27. The molecule has 0 aliphatic heterocycles. The Morgan fingerprint density at radius 2 is 2.00 bits per heavy atom. The molecule has 15 heavy (non-hydrogen) atoms. The summed E-state index contributed by atoms with van der Waals surface area (Å²) in [7, 11) is 4.17. The second kappa shape index (κ2) is 8.47. The Balaban J connectivity index is 3.72. The Bertz CT molecular complexity index is 161. The molecule has 2 atom stereocenters. The molecule has 0 aliphatic carbocycles. The van der Waals surface area contributed by atoms with E-state index in [1.54, 1.807) is 0 Å². The van der Waals surface area contributed by atoms with Crippen molar-refractivity contribution in [3.05, 3.63) is 0 Å². The van der Waals surface area contributed by atoms with Crippen LogP contribution in [0.15, 0.2) is 0 Å². The van der Waals surface area contributed by atoms with Crippen LogP contribution in [0.4, 0.5) is 0 Å². The van der Waals surface area contributed by atoms with Crippen molar-refractivity contribution in [1.82, 2.24) is 8.43 Å². The fourth-order valence-electron chi connectivity index (χ4n) is 1.57. The van der Waals surface area contributed by atoms with Crippen LogP contribution in [0.3, 0.4) is 0 Å². The first-order valence-electron chi connectivity index (χ1n) is 5.60. The number of halogens is 2. The number of hydrogen-bond acceptors (Lipinski definition) is 2. The van der Waals surface area contributed by atoms with E-state index in [0.29, 0.717) is 3.42 Å². The Morgan fingerprint density at radius 3 is 2.47 bits per heavy atom. The quantitative estimate of drug-likeness (QED) is 0.270. The number of rotatable bonds is 8. The molecule has 0 aromatic heterocycles. The molecule has 92 valence electrons. The van der Waals surface area contributed by atoms with Crippen LogP contribution in [0.25, 0.3) is 0 Å². The maximum atomic E-state index is 3.27. The molecule has 0 saturated heterocycles. The molecule has 0 saturated carbocycles. The lowest BCUT2D eigenvalue weighted by atomic mass is 9.91. The zero-order valence-electron chi connectivity index (χ0n) is 10.3. The van der Waals surface area contributed by atoms with Crippen molar-refractivity contribution in [2.75, 3.05) is 27.2 Å². The van der Waals surface area contributed by atoms with E-state index in [1.807, 2.05) is 7.05 Å². The molecule has 0 spiro atoms. The number of alkyl halides is 1. The van der Waals surface area contributed by atoms with E-state index in [9.17, 15) is 0 Å². The van der Waals surface area contributed by atoms with E-state index in [2.05, 4.69) is 74.8 Å². The van der Waals surface area contributed by atoms with Crippen LogP contribution in [0.1, 0.15) is 33.1 Å². The lowest BCUT2D eigenvalue weighted by Gasteiger charge is -2.30. The standard InChI is InChI=1S/C11H24I2N2/c1-10(9-14-3)11(2,12)7-5-6-8-15(4)13/h10,14H,5-9H2,1-4H3/t10-,11?/m0/s1. The maximum Gasteiger partial charge on any atom is 0.0231 e. The first kappa shape index (κ1) is 16.4. The van der Waals surface area contributed by atoms with Gasteiger partial charge in [0.2, 0.25) is 0 Å². The molecule has 0 aromatic rings. The van der Waals surface area contributed by atoms with Crippen molar-refractivity contribution >= 4 is 45.5 Å². The van der Waals surface area contributed by atoms with Crippen LogP contribution >= 0.6 is 45.5 Å². The van der Waals surface area contributed by atoms with Gasteiger partial charge in [-0.05, 0) is 39.4 Å². The Labute approximate surface area is 123 Å². The number of unbranched alkanes of at least 4 members (excludes halogenated alkanes) is 1. The van der Waals surface area contributed by atoms with Gasteiger partial charge < -0.3 is 5.32 Å². The monoisotopic (exact) mass is 438 g/mol. The van der Waals surface area contributed by atoms with E-state index in [-0.39, 0.29) is 0 Å². The molecule has 0 radical (unpaired) electrons. The lowest BCUT2D eigenvalue weighted by molar-refractivity contribution is 0.397. The summed E-state index contributed by atoms with van der Waals surface area (Å²) in [4.78, 5) is 0. The van der Waals surface area contributed by atoms with E-state index >= 15 is 0 Å². The highest BCUT2D eigenvalue weighted by Gasteiger charge is 2.26. The number of nitrogens with zero attached hydrogens (tertiary/aromatic N) is 1. The van der Waals surface area contributed by atoms with Crippen LogP contribution in [0.5, 0.6) is 0 Å². The maximum absolute atomic E-state index is 3.27. The molecule has 2 nitrogen and oxygen atoms in total. The highest BCUT2D eigenvalue weighted by molar-refractivity contribution is 14.1. The minimum atomic E-state index is 0.435.